The maximum atomic E-state index is 12.5. The van der Waals surface area contributed by atoms with Crippen molar-refractivity contribution in [2.24, 2.45) is 0 Å². The van der Waals surface area contributed by atoms with Gasteiger partial charge in [-0.05, 0) is 25.3 Å². The average Bonchev–Trinajstić information content (AvgIpc) is 3.35. The number of amides is 1. The van der Waals surface area contributed by atoms with Crippen molar-refractivity contribution in [1.82, 2.24) is 14.9 Å². The highest BCUT2D eigenvalue weighted by Gasteiger charge is 2.23. The number of anilines is 1. The van der Waals surface area contributed by atoms with Crippen LogP contribution in [0.2, 0.25) is 0 Å². The van der Waals surface area contributed by atoms with Crippen molar-refractivity contribution < 1.29 is 9.53 Å². The zero-order chi connectivity index (χ0) is 18.8. The fourth-order valence-corrected chi connectivity index (χ4v) is 5.44. The van der Waals surface area contributed by atoms with Crippen LogP contribution >= 0.6 is 34.0 Å². The Morgan fingerprint density at radius 2 is 2.04 bits per heavy atom. The number of aromatic nitrogens is 2. The van der Waals surface area contributed by atoms with Crippen LogP contribution in [0.1, 0.15) is 30.0 Å². The molecular formula is C18H20N4O2S3. The second-order valence-electron chi connectivity index (χ2n) is 6.56. The van der Waals surface area contributed by atoms with E-state index in [0.29, 0.717) is 10.8 Å². The van der Waals surface area contributed by atoms with Gasteiger partial charge in [0.15, 0.2) is 5.13 Å². The molecule has 4 heterocycles. The number of thiophene rings is 1. The van der Waals surface area contributed by atoms with Gasteiger partial charge in [-0.25, -0.2) is 9.97 Å². The first-order chi connectivity index (χ1) is 13.1. The summed E-state index contributed by atoms with van der Waals surface area (Å²) in [6.07, 6.45) is 0.461. The average molecular weight is 421 g/mol. The molecule has 1 amide bonds. The smallest absolute Gasteiger partial charge is 0.276 e. The highest BCUT2D eigenvalue weighted by atomic mass is 32.1. The Morgan fingerprint density at radius 1 is 1.22 bits per heavy atom. The van der Waals surface area contributed by atoms with E-state index in [4.69, 9.17) is 4.74 Å². The van der Waals surface area contributed by atoms with E-state index in [1.807, 2.05) is 22.9 Å². The van der Waals surface area contributed by atoms with Crippen molar-refractivity contribution in [3.63, 3.8) is 0 Å². The zero-order valence-corrected chi connectivity index (χ0v) is 17.5. The van der Waals surface area contributed by atoms with Crippen molar-refractivity contribution in [3.8, 4) is 9.88 Å². The number of hydrogen-bond donors (Lipinski definition) is 1. The van der Waals surface area contributed by atoms with Gasteiger partial charge in [-0.2, -0.15) is 0 Å². The molecule has 27 heavy (non-hydrogen) atoms. The van der Waals surface area contributed by atoms with E-state index < -0.39 is 0 Å². The van der Waals surface area contributed by atoms with Crippen molar-refractivity contribution in [2.75, 3.05) is 18.4 Å². The van der Waals surface area contributed by atoms with E-state index in [-0.39, 0.29) is 18.1 Å². The number of hydrogen-bond acceptors (Lipinski definition) is 8. The normalized spacial score (nSPS) is 20.7. The van der Waals surface area contributed by atoms with Crippen LogP contribution in [0.5, 0.6) is 0 Å². The summed E-state index contributed by atoms with van der Waals surface area (Å²) in [4.78, 5) is 24.9. The van der Waals surface area contributed by atoms with Crippen molar-refractivity contribution >= 4 is 45.0 Å². The third-order valence-corrected chi connectivity index (χ3v) is 6.81. The van der Waals surface area contributed by atoms with Gasteiger partial charge in [0.1, 0.15) is 10.7 Å². The molecule has 1 fully saturated rings. The molecule has 0 saturated carbocycles. The predicted octanol–water partition coefficient (Wildman–Crippen LogP) is 4.19. The lowest BCUT2D eigenvalue weighted by atomic mass is 10.2. The topological polar surface area (TPSA) is 67.4 Å². The van der Waals surface area contributed by atoms with Gasteiger partial charge in [-0.15, -0.1) is 34.0 Å². The largest absolute Gasteiger partial charge is 0.373 e. The summed E-state index contributed by atoms with van der Waals surface area (Å²) in [5.41, 5.74) is 1.39. The fraction of sp³-hybridized carbons (Fsp3) is 0.389. The van der Waals surface area contributed by atoms with E-state index in [1.54, 1.807) is 16.7 Å². The molecule has 1 saturated heterocycles. The Hall–Kier alpha value is -1.65. The standard InChI is InChI=1S/C18H20N4O2S3/c1-11-6-22(7-12(2)24-11)8-13-9-27-18(19-13)21-16(23)14-10-26-17(20-14)15-4-3-5-25-15/h3-5,9-12H,6-8H2,1-2H3,(H,19,21,23). The minimum atomic E-state index is -0.219. The van der Waals surface area contributed by atoms with Crippen LogP contribution in [-0.4, -0.2) is 46.1 Å². The molecule has 142 valence electrons. The number of morpholine rings is 1. The lowest BCUT2D eigenvalue weighted by Crippen LogP contribution is -2.44. The van der Waals surface area contributed by atoms with Gasteiger partial charge >= 0.3 is 0 Å². The van der Waals surface area contributed by atoms with Gasteiger partial charge in [0.25, 0.3) is 5.91 Å². The van der Waals surface area contributed by atoms with Gasteiger partial charge in [-0.1, -0.05) is 6.07 Å². The summed E-state index contributed by atoms with van der Waals surface area (Å²) in [5, 5.41) is 10.1. The molecule has 3 aromatic heterocycles. The summed E-state index contributed by atoms with van der Waals surface area (Å²) in [6.45, 7) is 6.74. The van der Waals surface area contributed by atoms with Crippen molar-refractivity contribution in [2.45, 2.75) is 32.6 Å². The minimum Gasteiger partial charge on any atom is -0.373 e. The molecule has 9 heteroatoms. The van der Waals surface area contributed by atoms with Crippen molar-refractivity contribution in [1.29, 1.82) is 0 Å². The predicted molar refractivity (Wildman–Crippen MR) is 111 cm³/mol. The van der Waals surface area contributed by atoms with Crippen LogP contribution in [0.25, 0.3) is 9.88 Å². The van der Waals surface area contributed by atoms with E-state index >= 15 is 0 Å². The molecule has 0 radical (unpaired) electrons. The lowest BCUT2D eigenvalue weighted by molar-refractivity contribution is -0.0707. The Balaban J connectivity index is 1.37. The molecule has 1 aliphatic rings. The Labute approximate surface area is 169 Å². The van der Waals surface area contributed by atoms with Gasteiger partial charge in [0, 0.05) is 30.4 Å². The second kappa shape index (κ2) is 8.15. The molecule has 0 aliphatic carbocycles. The molecule has 1 N–H and O–H groups in total. The fourth-order valence-electron chi connectivity index (χ4n) is 3.13. The van der Waals surface area contributed by atoms with Crippen LogP contribution in [0, 0.1) is 0 Å². The summed E-state index contributed by atoms with van der Waals surface area (Å²) in [6, 6.07) is 3.99. The van der Waals surface area contributed by atoms with Gasteiger partial charge < -0.3 is 4.74 Å². The van der Waals surface area contributed by atoms with Crippen LogP contribution in [-0.2, 0) is 11.3 Å². The summed E-state index contributed by atoms with van der Waals surface area (Å²) >= 11 is 4.54. The van der Waals surface area contributed by atoms with E-state index in [9.17, 15) is 4.79 Å². The van der Waals surface area contributed by atoms with E-state index in [0.717, 1.165) is 35.2 Å². The third-order valence-electron chi connectivity index (χ3n) is 4.12. The molecule has 2 unspecified atom stereocenters. The van der Waals surface area contributed by atoms with Crippen LogP contribution in [0.4, 0.5) is 5.13 Å². The van der Waals surface area contributed by atoms with Crippen LogP contribution in [0.15, 0.2) is 28.3 Å². The third kappa shape index (κ3) is 4.61. The highest BCUT2D eigenvalue weighted by molar-refractivity contribution is 7.20. The molecule has 2 atom stereocenters. The van der Waals surface area contributed by atoms with Gasteiger partial charge in [0.05, 0.1) is 22.8 Å². The Bertz CT molecular complexity index is 896. The Kier molecular flexibility index (Phi) is 5.65. The number of carbonyl (C=O) groups is 1. The maximum Gasteiger partial charge on any atom is 0.276 e. The summed E-state index contributed by atoms with van der Waals surface area (Å²) < 4.78 is 5.77. The molecule has 0 bridgehead atoms. The van der Waals surface area contributed by atoms with Crippen LogP contribution in [0.3, 0.4) is 0 Å². The van der Waals surface area contributed by atoms with Gasteiger partial charge in [-0.3, -0.25) is 15.0 Å². The lowest BCUT2D eigenvalue weighted by Gasteiger charge is -2.34. The SMILES string of the molecule is CC1CN(Cc2csc(NC(=O)c3csc(-c4cccs4)n3)n2)CC(C)O1. The highest BCUT2D eigenvalue weighted by Crippen LogP contribution is 2.28. The zero-order valence-electron chi connectivity index (χ0n) is 15.0. The first kappa shape index (κ1) is 18.7. The molecule has 0 aromatic carbocycles. The number of thiazole rings is 2. The quantitative estimate of drug-likeness (QED) is 0.670. The number of rotatable bonds is 5. The number of nitrogens with zero attached hydrogens (tertiary/aromatic N) is 3. The number of carbonyl (C=O) groups excluding carboxylic acids is 1. The molecule has 6 nitrogen and oxygen atoms in total. The number of ether oxygens (including phenoxy) is 1. The first-order valence-corrected chi connectivity index (χ1v) is 11.3. The summed E-state index contributed by atoms with van der Waals surface area (Å²) in [5.74, 6) is -0.219. The molecule has 0 spiro atoms. The minimum absolute atomic E-state index is 0.219. The molecule has 4 rings (SSSR count). The Morgan fingerprint density at radius 3 is 2.78 bits per heavy atom. The second-order valence-corrected chi connectivity index (χ2v) is 9.23. The molecular weight excluding hydrogens is 400 g/mol. The van der Waals surface area contributed by atoms with E-state index in [2.05, 4.69) is 34.0 Å². The van der Waals surface area contributed by atoms with Crippen molar-refractivity contribution in [3.05, 3.63) is 39.7 Å². The first-order valence-electron chi connectivity index (χ1n) is 8.70. The van der Waals surface area contributed by atoms with Gasteiger partial charge in [0.2, 0.25) is 0 Å². The molecule has 3 aromatic rings. The number of nitrogens with one attached hydrogen (secondary N) is 1. The monoisotopic (exact) mass is 420 g/mol. The van der Waals surface area contributed by atoms with E-state index in [1.165, 1.54) is 22.7 Å². The maximum absolute atomic E-state index is 12.5. The van der Waals surface area contributed by atoms with Crippen LogP contribution < -0.4 is 5.32 Å². The summed E-state index contributed by atoms with van der Waals surface area (Å²) in [7, 11) is 0. The molecule has 1 aliphatic heterocycles.